The molecule has 1 atom stereocenters. The first-order chi connectivity index (χ1) is 14.0. The highest BCUT2D eigenvalue weighted by molar-refractivity contribution is 5.92. The lowest BCUT2D eigenvalue weighted by molar-refractivity contribution is -0.146. The number of hydrogen-bond acceptors (Lipinski definition) is 2. The topological polar surface area (TPSA) is 54.3 Å². The van der Waals surface area contributed by atoms with Crippen LogP contribution in [0.4, 0.5) is 0 Å². The molecule has 0 saturated heterocycles. The van der Waals surface area contributed by atoms with E-state index >= 15 is 0 Å². The molecule has 1 aromatic heterocycles. The van der Waals surface area contributed by atoms with Gasteiger partial charge in [0, 0.05) is 30.9 Å². The molecule has 0 radical (unpaired) electrons. The lowest BCUT2D eigenvalue weighted by Gasteiger charge is -2.36. The van der Waals surface area contributed by atoms with Gasteiger partial charge in [-0.25, -0.2) is 4.79 Å². The number of carboxylic acids is 1. The Morgan fingerprint density at radius 1 is 1.10 bits per heavy atom. The van der Waals surface area contributed by atoms with Crippen molar-refractivity contribution in [3.63, 3.8) is 0 Å². The molecular weight excluding hydrogens is 360 g/mol. The zero-order chi connectivity index (χ0) is 20.2. The van der Waals surface area contributed by atoms with Gasteiger partial charge in [0.05, 0.1) is 5.69 Å². The van der Waals surface area contributed by atoms with E-state index in [1.54, 1.807) is 0 Å². The summed E-state index contributed by atoms with van der Waals surface area (Å²) in [6.07, 6.45) is 1.24. The van der Waals surface area contributed by atoms with Crippen molar-refractivity contribution in [1.29, 1.82) is 0 Å². The van der Waals surface area contributed by atoms with Crippen molar-refractivity contribution in [2.75, 3.05) is 6.54 Å². The summed E-state index contributed by atoms with van der Waals surface area (Å²) in [5.74, 6) is -0.825. The van der Waals surface area contributed by atoms with E-state index < -0.39 is 11.5 Å². The van der Waals surface area contributed by atoms with Crippen LogP contribution in [-0.4, -0.2) is 22.2 Å². The molecule has 5 rings (SSSR count). The lowest BCUT2D eigenvalue weighted by Crippen LogP contribution is -2.55. The molecule has 4 nitrogen and oxygen atoms in total. The Kier molecular flexibility index (Phi) is 4.00. The van der Waals surface area contributed by atoms with E-state index in [0.717, 1.165) is 39.5 Å². The summed E-state index contributed by atoms with van der Waals surface area (Å²) in [7, 11) is 1.99. The molecule has 0 fully saturated rings. The number of benzene rings is 3. The van der Waals surface area contributed by atoms with Gasteiger partial charge in [-0.15, -0.1) is 0 Å². The molecule has 1 unspecified atom stereocenters. The van der Waals surface area contributed by atoms with Gasteiger partial charge in [0.1, 0.15) is 0 Å². The largest absolute Gasteiger partial charge is 0.480 e. The SMILES string of the molecule is Cc1ccc2c(c1)c1c(n2C)C(Cc2cccc3ccccc23)(C(=O)O)NCC1. The third-order valence-corrected chi connectivity index (χ3v) is 6.37. The summed E-state index contributed by atoms with van der Waals surface area (Å²) in [5.41, 5.74) is 4.22. The van der Waals surface area contributed by atoms with Crippen LogP contribution in [0.15, 0.2) is 60.7 Å². The Bertz CT molecular complexity index is 1270. The summed E-state index contributed by atoms with van der Waals surface area (Å²) in [5, 5.41) is 17.3. The van der Waals surface area contributed by atoms with Gasteiger partial charge >= 0.3 is 5.97 Å². The number of carboxylic acid groups (broad SMARTS) is 1. The Labute approximate surface area is 169 Å². The maximum absolute atomic E-state index is 12.8. The average molecular weight is 384 g/mol. The molecule has 1 aliphatic rings. The van der Waals surface area contributed by atoms with E-state index in [9.17, 15) is 9.90 Å². The zero-order valence-electron chi connectivity index (χ0n) is 16.7. The number of hydrogen-bond donors (Lipinski definition) is 2. The van der Waals surface area contributed by atoms with Gasteiger partial charge in [-0.1, -0.05) is 54.1 Å². The van der Waals surface area contributed by atoms with Crippen molar-refractivity contribution in [2.45, 2.75) is 25.3 Å². The second-order valence-electron chi connectivity index (χ2n) is 8.11. The number of fused-ring (bicyclic) bond motifs is 4. The fraction of sp³-hybridized carbons (Fsp3) is 0.240. The number of carbonyl (C=O) groups is 1. The molecule has 0 amide bonds. The number of aromatic nitrogens is 1. The summed E-state index contributed by atoms with van der Waals surface area (Å²) in [6, 6.07) is 20.7. The highest BCUT2D eigenvalue weighted by Gasteiger charge is 2.47. The molecule has 0 spiro atoms. The first-order valence-corrected chi connectivity index (χ1v) is 10.0. The number of rotatable bonds is 3. The number of aryl methyl sites for hydroxylation is 2. The van der Waals surface area contributed by atoms with Crippen molar-refractivity contribution in [2.24, 2.45) is 7.05 Å². The van der Waals surface area contributed by atoms with Crippen LogP contribution in [0.3, 0.4) is 0 Å². The first-order valence-electron chi connectivity index (χ1n) is 10.0. The van der Waals surface area contributed by atoms with Crippen molar-refractivity contribution in [3.05, 3.63) is 83.0 Å². The van der Waals surface area contributed by atoms with Crippen molar-refractivity contribution < 1.29 is 9.90 Å². The molecule has 29 heavy (non-hydrogen) atoms. The predicted molar refractivity (Wildman–Crippen MR) is 116 cm³/mol. The van der Waals surface area contributed by atoms with Gasteiger partial charge in [0.25, 0.3) is 0 Å². The van der Waals surface area contributed by atoms with Gasteiger partial charge < -0.3 is 9.67 Å². The van der Waals surface area contributed by atoms with Gasteiger partial charge in [-0.05, 0) is 47.4 Å². The summed E-state index contributed by atoms with van der Waals surface area (Å²) < 4.78 is 2.08. The second kappa shape index (κ2) is 6.46. The Balaban J connectivity index is 1.76. The van der Waals surface area contributed by atoms with Gasteiger partial charge in [0.15, 0.2) is 5.54 Å². The van der Waals surface area contributed by atoms with Crippen molar-refractivity contribution in [1.82, 2.24) is 9.88 Å². The quantitative estimate of drug-likeness (QED) is 0.553. The highest BCUT2D eigenvalue weighted by atomic mass is 16.4. The smallest absolute Gasteiger partial charge is 0.330 e. The maximum atomic E-state index is 12.8. The molecule has 0 saturated carbocycles. The molecule has 4 aromatic rings. The minimum Gasteiger partial charge on any atom is -0.480 e. The second-order valence-corrected chi connectivity index (χ2v) is 8.11. The molecule has 1 aliphatic heterocycles. The standard InChI is InChI=1S/C25H24N2O2/c1-16-10-11-22-21(14-16)20-12-13-26-25(24(28)29,23(20)27(22)2)15-18-8-5-7-17-6-3-4-9-19(17)18/h3-11,14,26H,12-13,15H2,1-2H3,(H,28,29). The minimum atomic E-state index is -1.15. The summed E-state index contributed by atoms with van der Waals surface area (Å²) >= 11 is 0. The van der Waals surface area contributed by atoms with Crippen LogP contribution in [0.25, 0.3) is 21.7 Å². The molecule has 146 valence electrons. The molecular formula is C25H24N2O2. The molecule has 3 aromatic carbocycles. The lowest BCUT2D eigenvalue weighted by atomic mass is 9.80. The Morgan fingerprint density at radius 2 is 1.90 bits per heavy atom. The monoisotopic (exact) mass is 384 g/mol. The van der Waals surface area contributed by atoms with Crippen LogP contribution >= 0.6 is 0 Å². The van der Waals surface area contributed by atoms with Crippen LogP contribution in [0, 0.1) is 6.92 Å². The van der Waals surface area contributed by atoms with Crippen LogP contribution in [0.1, 0.15) is 22.4 Å². The van der Waals surface area contributed by atoms with E-state index in [4.69, 9.17) is 0 Å². The van der Waals surface area contributed by atoms with E-state index in [0.29, 0.717) is 13.0 Å². The number of aliphatic carboxylic acids is 1. The highest BCUT2D eigenvalue weighted by Crippen LogP contribution is 2.39. The Morgan fingerprint density at radius 3 is 2.72 bits per heavy atom. The summed E-state index contributed by atoms with van der Waals surface area (Å²) in [6.45, 7) is 2.73. The molecule has 4 heteroatoms. The van der Waals surface area contributed by atoms with Crippen molar-refractivity contribution >= 4 is 27.6 Å². The van der Waals surface area contributed by atoms with Crippen LogP contribution in [0.5, 0.6) is 0 Å². The van der Waals surface area contributed by atoms with Crippen LogP contribution < -0.4 is 5.32 Å². The molecule has 0 bridgehead atoms. The van der Waals surface area contributed by atoms with Gasteiger partial charge in [-0.2, -0.15) is 0 Å². The normalized spacial score (nSPS) is 18.8. The third-order valence-electron chi connectivity index (χ3n) is 6.37. The van der Waals surface area contributed by atoms with Crippen molar-refractivity contribution in [3.8, 4) is 0 Å². The van der Waals surface area contributed by atoms with Gasteiger partial charge in [0.2, 0.25) is 0 Å². The Hall–Kier alpha value is -3.11. The van der Waals surface area contributed by atoms with E-state index in [-0.39, 0.29) is 0 Å². The average Bonchev–Trinajstić information content (AvgIpc) is 3.01. The van der Waals surface area contributed by atoms with Crippen LogP contribution in [0.2, 0.25) is 0 Å². The fourth-order valence-electron chi connectivity index (χ4n) is 5.05. The third kappa shape index (κ3) is 2.60. The maximum Gasteiger partial charge on any atom is 0.330 e. The van der Waals surface area contributed by atoms with Gasteiger partial charge in [-0.3, -0.25) is 5.32 Å². The molecule has 2 heterocycles. The van der Waals surface area contributed by atoms with E-state index in [1.165, 1.54) is 10.9 Å². The fourth-order valence-corrected chi connectivity index (χ4v) is 5.05. The molecule has 2 N–H and O–H groups in total. The van der Waals surface area contributed by atoms with E-state index in [1.807, 2.05) is 25.2 Å². The van der Waals surface area contributed by atoms with Crippen LogP contribution in [-0.2, 0) is 30.2 Å². The van der Waals surface area contributed by atoms with E-state index in [2.05, 4.69) is 59.3 Å². The first kappa shape index (κ1) is 18.0. The zero-order valence-corrected chi connectivity index (χ0v) is 16.7. The number of nitrogens with zero attached hydrogens (tertiary/aromatic N) is 1. The predicted octanol–water partition coefficient (Wildman–Crippen LogP) is 4.31. The number of nitrogens with one attached hydrogen (secondary N) is 1. The summed E-state index contributed by atoms with van der Waals surface area (Å²) in [4.78, 5) is 12.8. The molecule has 0 aliphatic carbocycles. The minimum absolute atomic E-state index is 0.403.